The molecular weight excluding hydrogens is 356 g/mol. The van der Waals surface area contributed by atoms with Gasteiger partial charge in [-0.15, -0.1) is 11.3 Å². The predicted octanol–water partition coefficient (Wildman–Crippen LogP) is 4.98. The quantitative estimate of drug-likeness (QED) is 0.682. The van der Waals surface area contributed by atoms with Crippen molar-refractivity contribution in [2.45, 2.75) is 52.1 Å². The molecule has 1 aliphatic rings. The molecule has 1 aromatic heterocycles. The first-order valence-corrected chi connectivity index (χ1v) is 10.7. The highest BCUT2D eigenvalue weighted by Gasteiger charge is 2.30. The average Bonchev–Trinajstić information content (AvgIpc) is 3.23. The summed E-state index contributed by atoms with van der Waals surface area (Å²) >= 11 is 1.79. The van der Waals surface area contributed by atoms with Gasteiger partial charge in [-0.25, -0.2) is 0 Å². The summed E-state index contributed by atoms with van der Waals surface area (Å²) in [5, 5.41) is 5.68. The Morgan fingerprint density at radius 1 is 1.41 bits per heavy atom. The average molecular weight is 387 g/mol. The monoisotopic (exact) mass is 386 g/mol. The van der Waals surface area contributed by atoms with Gasteiger partial charge in [-0.2, -0.15) is 0 Å². The topological polar surface area (TPSA) is 41.6 Å². The summed E-state index contributed by atoms with van der Waals surface area (Å²) in [6.45, 7) is 8.21. The molecule has 2 aromatic rings. The number of nitrogens with one attached hydrogen (secondary N) is 1. The smallest absolute Gasteiger partial charge is 0.163 e. The lowest BCUT2D eigenvalue weighted by Gasteiger charge is -2.41. The number of piperidine rings is 1. The third-order valence-corrected chi connectivity index (χ3v) is 6.57. The van der Waals surface area contributed by atoms with Crippen molar-refractivity contribution in [3.8, 4) is 5.75 Å². The normalized spacial score (nSPS) is 18.1. The molecule has 1 fully saturated rings. The summed E-state index contributed by atoms with van der Waals surface area (Å²) in [4.78, 5) is 16.2. The summed E-state index contributed by atoms with van der Waals surface area (Å²) in [5.41, 5.74) is 2.79. The Bertz CT molecular complexity index is 767. The van der Waals surface area contributed by atoms with Gasteiger partial charge in [0, 0.05) is 35.0 Å². The Kier molecular flexibility index (Phi) is 6.55. The number of Topliss-reactive ketones (excluding diaryl/α,β-unsaturated/α-hetero) is 1. The highest BCUT2D eigenvalue weighted by Crippen LogP contribution is 2.41. The van der Waals surface area contributed by atoms with Gasteiger partial charge in [0.2, 0.25) is 0 Å². The van der Waals surface area contributed by atoms with Gasteiger partial charge < -0.3 is 15.0 Å². The second-order valence-electron chi connectivity index (χ2n) is 7.17. The lowest BCUT2D eigenvalue weighted by molar-refractivity contribution is 0.0987. The van der Waals surface area contributed by atoms with Crippen molar-refractivity contribution in [2.24, 2.45) is 0 Å². The number of anilines is 1. The standard InChI is InChI=1S/C22H30N2O2S/c1-5-20(25)18-10-11-19(22(26-4)15(18)2)24(17-8-6-12-23-14-17)16(3)21-9-7-13-27-21/h7,9-11,13,16-17,23H,5-6,8,12,14H2,1-4H3. The number of nitrogens with zero attached hydrogens (tertiary/aromatic N) is 1. The molecule has 2 unspecified atom stereocenters. The number of benzene rings is 1. The lowest BCUT2D eigenvalue weighted by atomic mass is 9.97. The fraction of sp³-hybridized carbons (Fsp3) is 0.500. The van der Waals surface area contributed by atoms with Crippen LogP contribution in [0.3, 0.4) is 0 Å². The first kappa shape index (κ1) is 19.9. The maximum absolute atomic E-state index is 12.3. The van der Waals surface area contributed by atoms with Crippen molar-refractivity contribution in [3.63, 3.8) is 0 Å². The van der Waals surface area contributed by atoms with E-state index in [9.17, 15) is 4.79 Å². The van der Waals surface area contributed by atoms with Crippen LogP contribution in [-0.4, -0.2) is 32.0 Å². The van der Waals surface area contributed by atoms with E-state index in [1.165, 1.54) is 11.3 Å². The van der Waals surface area contributed by atoms with Crippen LogP contribution in [-0.2, 0) is 0 Å². The van der Waals surface area contributed by atoms with Crippen LogP contribution in [0, 0.1) is 6.92 Å². The van der Waals surface area contributed by atoms with Crippen LogP contribution >= 0.6 is 11.3 Å². The zero-order valence-electron chi connectivity index (χ0n) is 16.7. The molecule has 0 bridgehead atoms. The van der Waals surface area contributed by atoms with Crippen LogP contribution < -0.4 is 15.0 Å². The number of carbonyl (C=O) groups excluding carboxylic acids is 1. The molecule has 27 heavy (non-hydrogen) atoms. The second-order valence-corrected chi connectivity index (χ2v) is 8.15. The number of methoxy groups -OCH3 is 1. The Morgan fingerprint density at radius 3 is 2.81 bits per heavy atom. The lowest BCUT2D eigenvalue weighted by Crippen LogP contribution is -2.47. The molecule has 3 rings (SSSR count). The number of carbonyl (C=O) groups is 1. The number of hydrogen-bond acceptors (Lipinski definition) is 5. The van der Waals surface area contributed by atoms with Gasteiger partial charge in [0.25, 0.3) is 0 Å². The fourth-order valence-electron chi connectivity index (χ4n) is 4.09. The molecule has 2 atom stereocenters. The van der Waals surface area contributed by atoms with Crippen molar-refractivity contribution < 1.29 is 9.53 Å². The molecule has 0 spiro atoms. The van der Waals surface area contributed by atoms with E-state index in [0.29, 0.717) is 12.5 Å². The molecule has 5 heteroatoms. The summed E-state index contributed by atoms with van der Waals surface area (Å²) in [7, 11) is 1.71. The van der Waals surface area contributed by atoms with E-state index in [2.05, 4.69) is 40.7 Å². The van der Waals surface area contributed by atoms with Gasteiger partial charge in [-0.05, 0) is 56.8 Å². The zero-order chi connectivity index (χ0) is 19.4. The van der Waals surface area contributed by atoms with Gasteiger partial charge >= 0.3 is 0 Å². The molecule has 0 saturated carbocycles. The van der Waals surface area contributed by atoms with Crippen LogP contribution in [0.15, 0.2) is 29.6 Å². The Labute approximate surface area is 166 Å². The van der Waals surface area contributed by atoms with E-state index in [-0.39, 0.29) is 11.8 Å². The van der Waals surface area contributed by atoms with Gasteiger partial charge in [0.15, 0.2) is 5.78 Å². The first-order chi connectivity index (χ1) is 13.1. The Morgan fingerprint density at radius 2 is 2.22 bits per heavy atom. The van der Waals surface area contributed by atoms with E-state index in [1.807, 2.05) is 19.9 Å². The number of thiophene rings is 1. The molecule has 0 amide bonds. The third-order valence-electron chi connectivity index (χ3n) is 5.53. The molecule has 1 N–H and O–H groups in total. The van der Waals surface area contributed by atoms with Gasteiger partial charge in [0.05, 0.1) is 18.8 Å². The van der Waals surface area contributed by atoms with Gasteiger partial charge in [0.1, 0.15) is 5.75 Å². The molecule has 1 aromatic carbocycles. The summed E-state index contributed by atoms with van der Waals surface area (Å²) in [6, 6.07) is 9.01. The molecule has 0 radical (unpaired) electrons. The SMILES string of the molecule is CCC(=O)c1ccc(N(C2CCCNC2)C(C)c2cccs2)c(OC)c1C. The molecule has 146 valence electrons. The van der Waals surface area contributed by atoms with Crippen LogP contribution in [0.25, 0.3) is 0 Å². The maximum atomic E-state index is 12.3. The fourth-order valence-corrected chi connectivity index (χ4v) is 4.87. The van der Waals surface area contributed by atoms with E-state index in [0.717, 1.165) is 42.1 Å². The van der Waals surface area contributed by atoms with Gasteiger partial charge in [-0.3, -0.25) is 4.79 Å². The van der Waals surface area contributed by atoms with E-state index in [4.69, 9.17) is 4.74 Å². The largest absolute Gasteiger partial charge is 0.494 e. The van der Waals surface area contributed by atoms with Crippen molar-refractivity contribution in [1.82, 2.24) is 5.32 Å². The Balaban J connectivity index is 2.08. The van der Waals surface area contributed by atoms with Crippen molar-refractivity contribution in [3.05, 3.63) is 45.6 Å². The molecule has 4 nitrogen and oxygen atoms in total. The number of rotatable bonds is 7. The van der Waals surface area contributed by atoms with E-state index >= 15 is 0 Å². The van der Waals surface area contributed by atoms with Crippen LogP contribution in [0.4, 0.5) is 5.69 Å². The minimum Gasteiger partial charge on any atom is -0.494 e. The third kappa shape index (κ3) is 4.04. The first-order valence-electron chi connectivity index (χ1n) is 9.81. The highest BCUT2D eigenvalue weighted by atomic mass is 32.1. The molecule has 0 aliphatic carbocycles. The second kappa shape index (κ2) is 8.89. The van der Waals surface area contributed by atoms with Gasteiger partial charge in [-0.1, -0.05) is 13.0 Å². The zero-order valence-corrected chi connectivity index (χ0v) is 17.6. The summed E-state index contributed by atoms with van der Waals surface area (Å²) in [6.07, 6.45) is 2.83. The number of hydrogen-bond donors (Lipinski definition) is 1. The number of ketones is 1. The molecule has 2 heterocycles. The van der Waals surface area contributed by atoms with Crippen molar-refractivity contribution >= 4 is 22.8 Å². The molecule has 1 aliphatic heterocycles. The molecular formula is C22H30N2O2S. The molecule has 1 saturated heterocycles. The Hall–Kier alpha value is -1.85. The maximum Gasteiger partial charge on any atom is 0.163 e. The highest BCUT2D eigenvalue weighted by molar-refractivity contribution is 7.10. The van der Waals surface area contributed by atoms with E-state index < -0.39 is 0 Å². The minimum atomic E-state index is 0.162. The summed E-state index contributed by atoms with van der Waals surface area (Å²) in [5.74, 6) is 0.984. The van der Waals surface area contributed by atoms with Crippen LogP contribution in [0.2, 0.25) is 0 Å². The van der Waals surface area contributed by atoms with Crippen molar-refractivity contribution in [2.75, 3.05) is 25.1 Å². The minimum absolute atomic E-state index is 0.162. The summed E-state index contributed by atoms with van der Waals surface area (Å²) < 4.78 is 5.84. The predicted molar refractivity (Wildman–Crippen MR) is 113 cm³/mol. The van der Waals surface area contributed by atoms with Crippen molar-refractivity contribution in [1.29, 1.82) is 0 Å². The van der Waals surface area contributed by atoms with E-state index in [1.54, 1.807) is 18.4 Å². The number of ether oxygens (including phenoxy) is 1. The van der Waals surface area contributed by atoms with Crippen LogP contribution in [0.5, 0.6) is 5.75 Å². The van der Waals surface area contributed by atoms with Crippen LogP contribution in [0.1, 0.15) is 60.0 Å².